The Bertz CT molecular complexity index is 448. The van der Waals surface area contributed by atoms with E-state index in [4.69, 9.17) is 9.63 Å². The highest BCUT2D eigenvalue weighted by Gasteiger charge is 2.11. The normalized spacial score (nSPS) is 10.4. The highest BCUT2D eigenvalue weighted by atomic mass is 16.5. The zero-order valence-electron chi connectivity index (χ0n) is 7.58. The summed E-state index contributed by atoms with van der Waals surface area (Å²) in [6, 6.07) is 0. The van der Waals surface area contributed by atoms with Gasteiger partial charge in [0.2, 0.25) is 11.7 Å². The van der Waals surface area contributed by atoms with Crippen LogP contribution in [0.4, 0.5) is 0 Å². The molecule has 0 aliphatic carbocycles. The molecule has 7 nitrogen and oxygen atoms in total. The third-order valence-corrected chi connectivity index (χ3v) is 1.71. The van der Waals surface area contributed by atoms with Gasteiger partial charge in [0.15, 0.2) is 0 Å². The van der Waals surface area contributed by atoms with Crippen LogP contribution in [0.2, 0.25) is 0 Å². The maximum Gasteiger partial charge on any atom is 0.303 e. The molecule has 0 fully saturated rings. The van der Waals surface area contributed by atoms with E-state index in [1.165, 1.54) is 12.5 Å². The lowest BCUT2D eigenvalue weighted by Crippen LogP contribution is -1.97. The number of carboxylic acids is 1. The third kappa shape index (κ3) is 2.19. The summed E-state index contributed by atoms with van der Waals surface area (Å²) >= 11 is 0. The van der Waals surface area contributed by atoms with Crippen LogP contribution in [-0.2, 0) is 11.2 Å². The monoisotopic (exact) mass is 209 g/mol. The average molecular weight is 209 g/mol. The van der Waals surface area contributed by atoms with Crippen LogP contribution >= 0.6 is 0 Å². The molecule has 7 heteroatoms. The smallest absolute Gasteiger partial charge is 0.303 e. The largest absolute Gasteiger partial charge is 0.481 e. The number of hydrogen-bond donors (Lipinski definition) is 1. The molecule has 1 N–H and O–H groups in total. The van der Waals surface area contributed by atoms with Crippen LogP contribution < -0.4 is 0 Å². The van der Waals surface area contributed by atoms with E-state index in [0.717, 1.165) is 0 Å². The maximum absolute atomic E-state index is 10.3. The molecule has 0 saturated carbocycles. The fourth-order valence-corrected chi connectivity index (χ4v) is 1.00. The number of aromatic nitrogens is 3. The molecular weight excluding hydrogens is 202 g/mol. The Morgan fingerprint density at radius 2 is 2.40 bits per heavy atom. The van der Waals surface area contributed by atoms with Gasteiger partial charge in [-0.15, -0.1) is 0 Å². The molecule has 0 aliphatic heterocycles. The molecule has 0 aliphatic rings. The SMILES string of the molecule is O=C(O)CCc1nc(-c2cnoc2)no1. The van der Waals surface area contributed by atoms with E-state index < -0.39 is 5.97 Å². The molecule has 78 valence electrons. The molecule has 0 bridgehead atoms. The predicted molar refractivity (Wildman–Crippen MR) is 45.8 cm³/mol. The van der Waals surface area contributed by atoms with Gasteiger partial charge in [-0.05, 0) is 0 Å². The van der Waals surface area contributed by atoms with Crippen molar-refractivity contribution in [2.24, 2.45) is 0 Å². The first-order valence-corrected chi connectivity index (χ1v) is 4.20. The molecule has 2 aromatic rings. The Kier molecular flexibility index (Phi) is 2.44. The summed E-state index contributed by atoms with van der Waals surface area (Å²) in [6.45, 7) is 0. The summed E-state index contributed by atoms with van der Waals surface area (Å²) in [5, 5.41) is 15.6. The van der Waals surface area contributed by atoms with Crippen molar-refractivity contribution in [2.75, 3.05) is 0 Å². The number of rotatable bonds is 4. The first-order chi connectivity index (χ1) is 7.25. The van der Waals surface area contributed by atoms with E-state index in [0.29, 0.717) is 11.4 Å². The number of carbonyl (C=O) groups is 1. The fourth-order valence-electron chi connectivity index (χ4n) is 1.00. The van der Waals surface area contributed by atoms with E-state index in [-0.39, 0.29) is 18.7 Å². The average Bonchev–Trinajstić information content (AvgIpc) is 2.85. The second-order valence-corrected chi connectivity index (χ2v) is 2.82. The van der Waals surface area contributed by atoms with E-state index >= 15 is 0 Å². The lowest BCUT2D eigenvalue weighted by molar-refractivity contribution is -0.137. The fraction of sp³-hybridized carbons (Fsp3) is 0.250. The van der Waals surface area contributed by atoms with Crippen molar-refractivity contribution in [3.63, 3.8) is 0 Å². The first-order valence-electron chi connectivity index (χ1n) is 4.20. The molecule has 2 aromatic heterocycles. The Morgan fingerprint density at radius 3 is 3.07 bits per heavy atom. The summed E-state index contributed by atoms with van der Waals surface area (Å²) in [7, 11) is 0. The molecule has 0 atom stereocenters. The van der Waals surface area contributed by atoms with E-state index in [1.807, 2.05) is 0 Å². The van der Waals surface area contributed by atoms with E-state index in [9.17, 15) is 4.79 Å². The minimum atomic E-state index is -0.903. The quantitative estimate of drug-likeness (QED) is 0.791. The first kappa shape index (κ1) is 9.38. The molecule has 0 saturated heterocycles. The summed E-state index contributed by atoms with van der Waals surface area (Å²) < 4.78 is 9.46. The molecule has 0 amide bonds. The van der Waals surface area contributed by atoms with Gasteiger partial charge in [0.05, 0.1) is 18.2 Å². The van der Waals surface area contributed by atoms with Crippen molar-refractivity contribution in [1.29, 1.82) is 0 Å². The summed E-state index contributed by atoms with van der Waals surface area (Å²) in [6.07, 6.45) is 3.01. The molecule has 2 heterocycles. The van der Waals surface area contributed by atoms with Crippen molar-refractivity contribution in [3.05, 3.63) is 18.4 Å². The van der Waals surface area contributed by atoms with Crippen molar-refractivity contribution in [1.82, 2.24) is 15.3 Å². The van der Waals surface area contributed by atoms with Gasteiger partial charge in [0.25, 0.3) is 0 Å². The van der Waals surface area contributed by atoms with Crippen molar-refractivity contribution in [2.45, 2.75) is 12.8 Å². The third-order valence-electron chi connectivity index (χ3n) is 1.71. The molecule has 0 radical (unpaired) electrons. The van der Waals surface area contributed by atoms with Crippen LogP contribution in [-0.4, -0.2) is 26.4 Å². The Balaban J connectivity index is 2.08. The zero-order chi connectivity index (χ0) is 10.7. The summed E-state index contributed by atoms with van der Waals surface area (Å²) in [5.41, 5.74) is 0.598. The zero-order valence-corrected chi connectivity index (χ0v) is 7.58. The maximum atomic E-state index is 10.3. The summed E-state index contributed by atoms with van der Waals surface area (Å²) in [4.78, 5) is 14.3. The molecule has 0 unspecified atom stereocenters. The van der Waals surface area contributed by atoms with Gasteiger partial charge in [-0.1, -0.05) is 10.3 Å². The number of hydrogen-bond acceptors (Lipinski definition) is 6. The van der Waals surface area contributed by atoms with Crippen LogP contribution in [0.1, 0.15) is 12.3 Å². The Labute approximate surface area is 83.7 Å². The molecular formula is C8H7N3O4. The van der Waals surface area contributed by atoms with Gasteiger partial charge in [-0.25, -0.2) is 0 Å². The van der Waals surface area contributed by atoms with Gasteiger partial charge in [-0.3, -0.25) is 4.79 Å². The van der Waals surface area contributed by atoms with Crippen LogP contribution in [0.25, 0.3) is 11.4 Å². The van der Waals surface area contributed by atoms with Gasteiger partial charge >= 0.3 is 5.97 Å². The van der Waals surface area contributed by atoms with E-state index in [2.05, 4.69) is 19.8 Å². The number of aliphatic carboxylic acids is 1. The predicted octanol–water partition coefficient (Wildman–Crippen LogP) is 0.742. The molecule has 15 heavy (non-hydrogen) atoms. The Hall–Kier alpha value is -2.18. The Morgan fingerprint density at radius 1 is 1.53 bits per heavy atom. The van der Waals surface area contributed by atoms with Crippen LogP contribution in [0.15, 0.2) is 21.5 Å². The van der Waals surface area contributed by atoms with Crippen LogP contribution in [0.5, 0.6) is 0 Å². The number of nitrogens with zero attached hydrogens (tertiary/aromatic N) is 3. The molecule has 0 spiro atoms. The second kappa shape index (κ2) is 3.91. The lowest BCUT2D eigenvalue weighted by atomic mass is 10.3. The molecule has 0 aromatic carbocycles. The molecule has 2 rings (SSSR count). The topological polar surface area (TPSA) is 102 Å². The van der Waals surface area contributed by atoms with Gasteiger partial charge in [-0.2, -0.15) is 4.98 Å². The summed E-state index contributed by atoms with van der Waals surface area (Å²) in [5.74, 6) is -0.273. The van der Waals surface area contributed by atoms with E-state index in [1.54, 1.807) is 0 Å². The lowest BCUT2D eigenvalue weighted by Gasteiger charge is -1.86. The number of carboxylic acid groups (broad SMARTS) is 1. The number of aryl methyl sites for hydroxylation is 1. The van der Waals surface area contributed by atoms with Crippen LogP contribution in [0, 0.1) is 0 Å². The standard InChI is InChI=1S/C8H7N3O4/c12-7(13)2-1-6-10-8(11-15-6)5-3-9-14-4-5/h3-4H,1-2H2,(H,12,13). The highest BCUT2D eigenvalue weighted by molar-refractivity contribution is 5.66. The van der Waals surface area contributed by atoms with Crippen LogP contribution in [0.3, 0.4) is 0 Å². The van der Waals surface area contributed by atoms with Crippen molar-refractivity contribution >= 4 is 5.97 Å². The highest BCUT2D eigenvalue weighted by Crippen LogP contribution is 2.14. The minimum absolute atomic E-state index is 0.0364. The van der Waals surface area contributed by atoms with Crippen molar-refractivity contribution in [3.8, 4) is 11.4 Å². The van der Waals surface area contributed by atoms with Crippen molar-refractivity contribution < 1.29 is 18.9 Å². The van der Waals surface area contributed by atoms with Gasteiger partial charge < -0.3 is 14.2 Å². The van der Waals surface area contributed by atoms with Gasteiger partial charge in [0, 0.05) is 6.42 Å². The minimum Gasteiger partial charge on any atom is -0.481 e. The second-order valence-electron chi connectivity index (χ2n) is 2.82. The van der Waals surface area contributed by atoms with Gasteiger partial charge in [0.1, 0.15) is 6.26 Å².